The summed E-state index contributed by atoms with van der Waals surface area (Å²) in [6.07, 6.45) is 4.72. The van der Waals surface area contributed by atoms with Gasteiger partial charge in [0.25, 0.3) is 5.91 Å². The van der Waals surface area contributed by atoms with Crippen molar-refractivity contribution in [2.45, 2.75) is 46.1 Å². The van der Waals surface area contributed by atoms with Crippen molar-refractivity contribution >= 4 is 18.3 Å². The van der Waals surface area contributed by atoms with E-state index in [0.29, 0.717) is 24.0 Å². The number of carbonyl (C=O) groups excluding carboxylic acids is 1. The third kappa shape index (κ3) is 5.97. The van der Waals surface area contributed by atoms with Crippen LogP contribution in [0.25, 0.3) is 5.69 Å². The minimum Gasteiger partial charge on any atom is -0.489 e. The minimum absolute atomic E-state index is 0. The fourth-order valence-electron chi connectivity index (χ4n) is 3.53. The van der Waals surface area contributed by atoms with Gasteiger partial charge in [-0.3, -0.25) is 4.79 Å². The van der Waals surface area contributed by atoms with E-state index in [4.69, 9.17) is 4.74 Å². The van der Waals surface area contributed by atoms with Gasteiger partial charge in [-0.25, -0.2) is 4.68 Å². The number of hydrogen-bond acceptors (Lipinski definition) is 4. The second kappa shape index (κ2) is 11.2. The second-order valence-corrected chi connectivity index (χ2v) is 7.81. The molecular weight excluding hydrogens is 388 g/mol. The number of aromatic nitrogens is 2. The zero-order valence-electron chi connectivity index (χ0n) is 17.6. The van der Waals surface area contributed by atoms with Crippen molar-refractivity contribution in [3.05, 3.63) is 42.2 Å². The first-order valence-corrected chi connectivity index (χ1v) is 10.4. The molecule has 1 aliphatic rings. The summed E-state index contributed by atoms with van der Waals surface area (Å²) in [5.74, 6) is 0.916. The molecule has 0 spiro atoms. The Morgan fingerprint density at radius 2 is 1.97 bits per heavy atom. The molecule has 1 N–H and O–H groups in total. The lowest BCUT2D eigenvalue weighted by Gasteiger charge is -2.34. The summed E-state index contributed by atoms with van der Waals surface area (Å²) in [7, 11) is 0. The predicted octanol–water partition coefficient (Wildman–Crippen LogP) is 3.93. The normalized spacial score (nSPS) is 14.5. The molecule has 7 heteroatoms. The summed E-state index contributed by atoms with van der Waals surface area (Å²) < 4.78 is 7.74. The van der Waals surface area contributed by atoms with Gasteiger partial charge in [0, 0.05) is 12.6 Å². The largest absolute Gasteiger partial charge is 0.489 e. The first-order chi connectivity index (χ1) is 13.6. The molecule has 160 valence electrons. The third-order valence-corrected chi connectivity index (χ3v) is 4.95. The molecule has 1 aromatic heterocycles. The number of ether oxygens (including phenoxy) is 1. The average Bonchev–Trinajstić information content (AvgIpc) is 3.15. The Kier molecular flexibility index (Phi) is 8.99. The zero-order chi connectivity index (χ0) is 19.9. The Labute approximate surface area is 180 Å². The van der Waals surface area contributed by atoms with Gasteiger partial charge in [0.2, 0.25) is 0 Å². The van der Waals surface area contributed by atoms with Gasteiger partial charge in [-0.15, -0.1) is 12.4 Å². The fourth-order valence-corrected chi connectivity index (χ4v) is 3.53. The van der Waals surface area contributed by atoms with Crippen LogP contribution in [0.2, 0.25) is 0 Å². The van der Waals surface area contributed by atoms with Crippen LogP contribution in [-0.4, -0.2) is 52.9 Å². The topological polar surface area (TPSA) is 59.4 Å². The number of hydrogen-bond donors (Lipinski definition) is 1. The number of para-hydroxylation sites is 1. The third-order valence-electron chi connectivity index (χ3n) is 4.95. The predicted molar refractivity (Wildman–Crippen MR) is 118 cm³/mol. The van der Waals surface area contributed by atoms with Crippen LogP contribution in [0.1, 0.15) is 50.5 Å². The zero-order valence-corrected chi connectivity index (χ0v) is 18.5. The number of benzene rings is 1. The fraction of sp³-hybridized carbons (Fsp3) is 0.545. The van der Waals surface area contributed by atoms with Crippen LogP contribution in [0.5, 0.6) is 5.75 Å². The van der Waals surface area contributed by atoms with E-state index in [1.54, 1.807) is 4.68 Å². The number of amides is 1. The van der Waals surface area contributed by atoms with E-state index in [0.717, 1.165) is 44.6 Å². The van der Waals surface area contributed by atoms with Crippen LogP contribution in [0.4, 0.5) is 0 Å². The van der Waals surface area contributed by atoms with E-state index in [9.17, 15) is 4.79 Å². The van der Waals surface area contributed by atoms with E-state index in [1.807, 2.05) is 41.4 Å². The Balaban J connectivity index is 0.00000300. The molecule has 0 radical (unpaired) electrons. The minimum atomic E-state index is -0.0258. The van der Waals surface area contributed by atoms with Gasteiger partial charge in [0.15, 0.2) is 11.4 Å². The van der Waals surface area contributed by atoms with Gasteiger partial charge in [-0.05, 0) is 50.4 Å². The van der Waals surface area contributed by atoms with Crippen molar-refractivity contribution in [1.82, 2.24) is 20.0 Å². The molecule has 0 aliphatic carbocycles. The van der Waals surface area contributed by atoms with Gasteiger partial charge in [0.1, 0.15) is 0 Å². The van der Waals surface area contributed by atoms with Crippen LogP contribution in [0.3, 0.4) is 0 Å². The number of nitrogens with zero attached hydrogens (tertiary/aromatic N) is 3. The first-order valence-electron chi connectivity index (χ1n) is 10.4. The second-order valence-electron chi connectivity index (χ2n) is 7.81. The summed E-state index contributed by atoms with van der Waals surface area (Å²) in [6.45, 7) is 9.51. The highest BCUT2D eigenvalue weighted by molar-refractivity contribution is 5.95. The van der Waals surface area contributed by atoms with Gasteiger partial charge in [-0.2, -0.15) is 5.10 Å². The van der Waals surface area contributed by atoms with E-state index in [2.05, 4.69) is 31.2 Å². The smallest absolute Gasteiger partial charge is 0.278 e. The van der Waals surface area contributed by atoms with Gasteiger partial charge in [0.05, 0.1) is 18.5 Å². The number of carbonyl (C=O) groups is 1. The maximum atomic E-state index is 13.5. The van der Waals surface area contributed by atoms with Gasteiger partial charge < -0.3 is 15.0 Å². The number of halogens is 1. The highest BCUT2D eigenvalue weighted by Crippen LogP contribution is 2.24. The lowest BCUT2D eigenvalue weighted by atomic mass is 10.0. The maximum Gasteiger partial charge on any atom is 0.278 e. The Hall–Kier alpha value is -2.05. The maximum absolute atomic E-state index is 13.5. The van der Waals surface area contributed by atoms with Crippen LogP contribution in [0.15, 0.2) is 36.5 Å². The number of piperidine rings is 1. The van der Waals surface area contributed by atoms with Crippen molar-refractivity contribution in [1.29, 1.82) is 0 Å². The van der Waals surface area contributed by atoms with Gasteiger partial charge >= 0.3 is 0 Å². The molecule has 1 fully saturated rings. The van der Waals surface area contributed by atoms with Crippen LogP contribution >= 0.6 is 12.4 Å². The van der Waals surface area contributed by atoms with Crippen molar-refractivity contribution in [3.63, 3.8) is 0 Å². The molecule has 1 saturated heterocycles. The van der Waals surface area contributed by atoms with Crippen molar-refractivity contribution in [2.24, 2.45) is 5.92 Å². The highest BCUT2D eigenvalue weighted by Gasteiger charge is 2.30. The summed E-state index contributed by atoms with van der Waals surface area (Å²) in [4.78, 5) is 15.5. The molecule has 0 bridgehead atoms. The summed E-state index contributed by atoms with van der Waals surface area (Å²) in [5.41, 5.74) is 1.33. The summed E-state index contributed by atoms with van der Waals surface area (Å²) in [5, 5.41) is 8.02. The SMILES string of the molecule is CCCN(C(=O)c1nn(-c2ccccc2)cc1OCC(C)C)C1CCNCC1.Cl. The van der Waals surface area contributed by atoms with E-state index in [1.165, 1.54) is 0 Å². The molecule has 2 aromatic rings. The summed E-state index contributed by atoms with van der Waals surface area (Å²) >= 11 is 0. The van der Waals surface area contributed by atoms with Crippen LogP contribution in [0, 0.1) is 5.92 Å². The first kappa shape index (κ1) is 23.2. The molecule has 0 saturated carbocycles. The Morgan fingerprint density at radius 3 is 2.59 bits per heavy atom. The van der Waals surface area contributed by atoms with Gasteiger partial charge in [-0.1, -0.05) is 39.0 Å². The average molecular weight is 421 g/mol. The summed E-state index contributed by atoms with van der Waals surface area (Å²) in [6, 6.07) is 10.1. The molecule has 6 nitrogen and oxygen atoms in total. The van der Waals surface area contributed by atoms with Crippen molar-refractivity contribution < 1.29 is 9.53 Å². The Bertz CT molecular complexity index is 757. The lowest BCUT2D eigenvalue weighted by Crippen LogP contribution is -2.46. The van der Waals surface area contributed by atoms with E-state index < -0.39 is 0 Å². The van der Waals surface area contributed by atoms with Crippen LogP contribution < -0.4 is 10.1 Å². The van der Waals surface area contributed by atoms with Crippen molar-refractivity contribution in [2.75, 3.05) is 26.2 Å². The molecule has 2 heterocycles. The number of nitrogens with one attached hydrogen (secondary N) is 1. The Morgan fingerprint density at radius 1 is 1.28 bits per heavy atom. The van der Waals surface area contributed by atoms with E-state index in [-0.39, 0.29) is 24.4 Å². The number of rotatable bonds is 8. The molecule has 3 rings (SSSR count). The van der Waals surface area contributed by atoms with E-state index >= 15 is 0 Å². The molecule has 1 aromatic carbocycles. The lowest BCUT2D eigenvalue weighted by molar-refractivity contribution is 0.0631. The molecule has 29 heavy (non-hydrogen) atoms. The monoisotopic (exact) mass is 420 g/mol. The van der Waals surface area contributed by atoms with Crippen molar-refractivity contribution in [3.8, 4) is 11.4 Å². The molecular formula is C22H33ClN4O2. The quantitative estimate of drug-likeness (QED) is 0.702. The molecule has 0 atom stereocenters. The molecule has 1 aliphatic heterocycles. The standard InChI is InChI=1S/C22H32N4O2.ClH/c1-4-14-25(18-10-12-23-13-11-18)22(27)21-20(28-16-17(2)3)15-26(24-21)19-8-6-5-7-9-19;/h5-9,15,17-18,23H,4,10-14,16H2,1-3H3;1H. The highest BCUT2D eigenvalue weighted by atomic mass is 35.5. The molecule has 0 unspecified atom stereocenters. The molecule has 1 amide bonds. The van der Waals surface area contributed by atoms with Crippen LogP contribution in [-0.2, 0) is 0 Å².